The number of esters is 2. The molecule has 336 valence electrons. The highest BCUT2D eigenvalue weighted by atomic mass is 31.2. The van der Waals surface area contributed by atoms with Crippen molar-refractivity contribution in [2.24, 2.45) is 0 Å². The molecule has 57 heavy (non-hydrogen) atoms. The Morgan fingerprint density at radius 3 is 1.39 bits per heavy atom. The van der Waals surface area contributed by atoms with Gasteiger partial charge in [-0.3, -0.25) is 18.6 Å². The van der Waals surface area contributed by atoms with Gasteiger partial charge < -0.3 is 24.6 Å². The topological polar surface area (TPSA) is 149 Å². The molecule has 0 aliphatic heterocycles. The second-order valence-electron chi connectivity index (χ2n) is 15.8. The van der Waals surface area contributed by atoms with Crippen molar-refractivity contribution in [1.82, 2.24) is 0 Å². The molecule has 11 heteroatoms. The smallest absolute Gasteiger partial charge is 0.462 e. The van der Waals surface area contributed by atoms with Crippen LogP contribution in [0.15, 0.2) is 24.3 Å². The van der Waals surface area contributed by atoms with E-state index >= 15 is 0 Å². The third kappa shape index (κ3) is 42.4. The van der Waals surface area contributed by atoms with Gasteiger partial charge in [-0.2, -0.15) is 0 Å². The van der Waals surface area contributed by atoms with Crippen molar-refractivity contribution in [1.29, 1.82) is 0 Å². The molecule has 1 unspecified atom stereocenters. The number of aliphatic hydroxyl groups is 2. The molecule has 0 amide bonds. The van der Waals surface area contributed by atoms with Crippen LogP contribution in [0.25, 0.3) is 0 Å². The molecule has 10 nitrogen and oxygen atoms in total. The lowest BCUT2D eigenvalue weighted by molar-refractivity contribution is -0.161. The van der Waals surface area contributed by atoms with Gasteiger partial charge in [0.2, 0.25) is 0 Å². The normalized spacial score (nSPS) is 14.0. The molecule has 3 N–H and O–H groups in total. The molecule has 0 fully saturated rings. The van der Waals surface area contributed by atoms with Crippen molar-refractivity contribution in [3.05, 3.63) is 24.3 Å². The lowest BCUT2D eigenvalue weighted by atomic mass is 10.0. The molecule has 0 aliphatic rings. The van der Waals surface area contributed by atoms with Crippen LogP contribution in [0.5, 0.6) is 0 Å². The van der Waals surface area contributed by atoms with Crippen molar-refractivity contribution < 1.29 is 47.8 Å². The SMILES string of the molecule is CCCCC/C=C/C/C=C/CCCCCCCC(=O)O[C@H](COC(=O)CCCCCCCCCCCCCCCCCCCCC)COP(=O)(O)OC[C@@H](O)CO. The Morgan fingerprint density at radius 2 is 0.912 bits per heavy atom. The summed E-state index contributed by atoms with van der Waals surface area (Å²) in [5.41, 5.74) is 0. The van der Waals surface area contributed by atoms with Crippen molar-refractivity contribution in [2.75, 3.05) is 26.4 Å². The van der Waals surface area contributed by atoms with Gasteiger partial charge in [0.25, 0.3) is 0 Å². The Morgan fingerprint density at radius 1 is 0.526 bits per heavy atom. The molecule has 0 saturated carbocycles. The van der Waals surface area contributed by atoms with Gasteiger partial charge >= 0.3 is 19.8 Å². The summed E-state index contributed by atoms with van der Waals surface area (Å²) in [5.74, 6) is -0.931. The largest absolute Gasteiger partial charge is 0.472 e. The van der Waals surface area contributed by atoms with E-state index in [2.05, 4.69) is 38.2 Å². The minimum absolute atomic E-state index is 0.171. The Labute approximate surface area is 348 Å². The molecule has 0 aromatic carbocycles. The average Bonchev–Trinajstić information content (AvgIpc) is 3.20. The highest BCUT2D eigenvalue weighted by Crippen LogP contribution is 2.43. The maximum Gasteiger partial charge on any atom is 0.472 e. The first-order valence-electron chi connectivity index (χ1n) is 23.3. The van der Waals surface area contributed by atoms with E-state index in [0.717, 1.165) is 64.2 Å². The Hall–Kier alpha value is -1.55. The standard InChI is InChI=1S/C46H87O10P/c1-3-5-7-9-11-13-15-17-19-20-21-22-24-25-27-29-31-33-35-37-45(49)53-41-44(42-55-57(51,52)54-40-43(48)39-47)56-46(50)38-36-34-32-30-28-26-23-18-16-14-12-10-8-6-4-2/h12,14,18,23,43-44,47-48H,3-11,13,15-17,19-22,24-42H2,1-2H3,(H,51,52)/b14-12+,23-18+/t43-,44+/m0/s1. The molecule has 0 rings (SSSR count). The van der Waals surface area contributed by atoms with Gasteiger partial charge in [0, 0.05) is 12.8 Å². The average molecular weight is 831 g/mol. The molecule has 0 aromatic rings. The van der Waals surface area contributed by atoms with E-state index < -0.39 is 51.8 Å². The zero-order valence-corrected chi connectivity index (χ0v) is 37.5. The third-order valence-electron chi connectivity index (χ3n) is 10.1. The number of unbranched alkanes of at least 4 members (excludes halogenated alkanes) is 26. The summed E-state index contributed by atoms with van der Waals surface area (Å²) in [6, 6.07) is 0. The fourth-order valence-corrected chi connectivity index (χ4v) is 7.28. The molecule has 0 aliphatic carbocycles. The summed E-state index contributed by atoms with van der Waals surface area (Å²) in [4.78, 5) is 35.0. The predicted molar refractivity (Wildman–Crippen MR) is 233 cm³/mol. The minimum atomic E-state index is -4.62. The Bertz CT molecular complexity index is 1000. The first-order valence-corrected chi connectivity index (χ1v) is 24.8. The number of carbonyl (C=O) groups is 2. The highest BCUT2D eigenvalue weighted by molar-refractivity contribution is 7.47. The van der Waals surface area contributed by atoms with Crippen molar-refractivity contribution in [2.45, 2.75) is 232 Å². The summed E-state index contributed by atoms with van der Waals surface area (Å²) in [7, 11) is -4.62. The maximum absolute atomic E-state index is 12.6. The van der Waals surface area contributed by atoms with E-state index in [0.29, 0.717) is 12.8 Å². The van der Waals surface area contributed by atoms with E-state index in [9.17, 15) is 24.2 Å². The zero-order chi connectivity index (χ0) is 41.9. The minimum Gasteiger partial charge on any atom is -0.462 e. The van der Waals surface area contributed by atoms with Crippen LogP contribution in [-0.2, 0) is 32.7 Å². The summed E-state index contributed by atoms with van der Waals surface area (Å²) in [6.07, 6.45) is 42.8. The van der Waals surface area contributed by atoms with Crippen LogP contribution in [0.2, 0.25) is 0 Å². The molecular weight excluding hydrogens is 743 g/mol. The summed E-state index contributed by atoms with van der Waals surface area (Å²) in [5, 5.41) is 18.3. The zero-order valence-electron chi connectivity index (χ0n) is 36.6. The van der Waals surface area contributed by atoms with Crippen LogP contribution in [-0.4, -0.2) is 65.7 Å². The number of phosphoric acid groups is 1. The molecule has 0 aromatic heterocycles. The fourth-order valence-electron chi connectivity index (χ4n) is 6.50. The van der Waals surface area contributed by atoms with Crippen LogP contribution in [0, 0.1) is 0 Å². The summed E-state index contributed by atoms with van der Waals surface area (Å²) >= 11 is 0. The molecule has 0 spiro atoms. The van der Waals surface area contributed by atoms with E-state index in [1.165, 1.54) is 116 Å². The predicted octanol–water partition coefficient (Wildman–Crippen LogP) is 12.6. The van der Waals surface area contributed by atoms with Crippen LogP contribution < -0.4 is 0 Å². The number of ether oxygens (including phenoxy) is 2. The van der Waals surface area contributed by atoms with Gasteiger partial charge in [-0.15, -0.1) is 0 Å². The van der Waals surface area contributed by atoms with Crippen LogP contribution in [0.3, 0.4) is 0 Å². The van der Waals surface area contributed by atoms with Crippen molar-refractivity contribution >= 4 is 19.8 Å². The van der Waals surface area contributed by atoms with E-state index in [4.69, 9.17) is 23.6 Å². The number of hydrogen-bond donors (Lipinski definition) is 3. The molecular formula is C46H87O10P. The number of phosphoric ester groups is 1. The van der Waals surface area contributed by atoms with E-state index in [1.54, 1.807) is 0 Å². The van der Waals surface area contributed by atoms with Gasteiger partial charge in [0.1, 0.15) is 12.7 Å². The third-order valence-corrected chi connectivity index (χ3v) is 11.1. The van der Waals surface area contributed by atoms with Crippen molar-refractivity contribution in [3.63, 3.8) is 0 Å². The van der Waals surface area contributed by atoms with Gasteiger partial charge in [0.15, 0.2) is 6.10 Å². The molecule has 0 bridgehead atoms. The van der Waals surface area contributed by atoms with Crippen LogP contribution in [0.4, 0.5) is 0 Å². The number of allylic oxidation sites excluding steroid dienone is 4. The number of aliphatic hydroxyl groups excluding tert-OH is 2. The lowest BCUT2D eigenvalue weighted by Crippen LogP contribution is -2.29. The Kier molecular flexibility index (Phi) is 41.4. The van der Waals surface area contributed by atoms with Gasteiger partial charge in [-0.05, 0) is 44.9 Å². The number of hydrogen-bond acceptors (Lipinski definition) is 9. The molecule has 3 atom stereocenters. The Balaban J connectivity index is 4.22. The monoisotopic (exact) mass is 831 g/mol. The van der Waals surface area contributed by atoms with Gasteiger partial charge in [-0.25, -0.2) is 4.57 Å². The lowest BCUT2D eigenvalue weighted by Gasteiger charge is -2.20. The molecule has 0 radical (unpaired) electrons. The summed E-state index contributed by atoms with van der Waals surface area (Å²) < 4.78 is 32.8. The molecule has 0 saturated heterocycles. The fraction of sp³-hybridized carbons (Fsp3) is 0.870. The summed E-state index contributed by atoms with van der Waals surface area (Å²) in [6.45, 7) is 2.37. The highest BCUT2D eigenvalue weighted by Gasteiger charge is 2.27. The van der Waals surface area contributed by atoms with Gasteiger partial charge in [0.05, 0.1) is 19.8 Å². The van der Waals surface area contributed by atoms with Gasteiger partial charge in [-0.1, -0.05) is 186 Å². The first-order chi connectivity index (χ1) is 27.7. The number of carbonyl (C=O) groups excluding carboxylic acids is 2. The van der Waals surface area contributed by atoms with Crippen LogP contribution >= 0.6 is 7.82 Å². The maximum atomic E-state index is 12.6. The van der Waals surface area contributed by atoms with Crippen LogP contribution in [0.1, 0.15) is 219 Å². The number of rotatable bonds is 44. The molecule has 0 heterocycles. The van der Waals surface area contributed by atoms with E-state index in [-0.39, 0.29) is 19.4 Å². The quantitative estimate of drug-likeness (QED) is 0.0234. The second-order valence-corrected chi connectivity index (χ2v) is 17.2. The second kappa shape index (κ2) is 42.6. The first kappa shape index (κ1) is 55.5. The van der Waals surface area contributed by atoms with E-state index in [1.807, 2.05) is 0 Å². The van der Waals surface area contributed by atoms with Crippen molar-refractivity contribution in [3.8, 4) is 0 Å².